The van der Waals surface area contributed by atoms with Gasteiger partial charge in [-0.3, -0.25) is 9.69 Å². The van der Waals surface area contributed by atoms with E-state index in [-0.39, 0.29) is 5.97 Å². The molecule has 4 nitrogen and oxygen atoms in total. The summed E-state index contributed by atoms with van der Waals surface area (Å²) in [4.78, 5) is 18.3. The van der Waals surface area contributed by atoms with Crippen molar-refractivity contribution in [3.8, 4) is 0 Å². The van der Waals surface area contributed by atoms with Crippen LogP contribution in [-0.2, 0) is 16.1 Å². The number of likely N-dealkylation sites (tertiary alicyclic amines) is 1. The number of nitrogens with zero attached hydrogens (tertiary/aromatic N) is 2. The van der Waals surface area contributed by atoms with Gasteiger partial charge in [0.1, 0.15) is 5.01 Å². The minimum Gasteiger partial charge on any atom is -0.469 e. The number of ether oxygens (including phenoxy) is 1. The molecule has 0 spiro atoms. The molecule has 2 heterocycles. The topological polar surface area (TPSA) is 42.4 Å². The molecule has 18 heavy (non-hydrogen) atoms. The number of hydrogen-bond donors (Lipinski definition) is 0. The Hall–Kier alpha value is -0.940. The van der Waals surface area contributed by atoms with Crippen LogP contribution in [0.2, 0.25) is 0 Å². The van der Waals surface area contributed by atoms with Crippen LogP contribution >= 0.6 is 11.3 Å². The van der Waals surface area contributed by atoms with Crippen molar-refractivity contribution in [2.45, 2.75) is 45.2 Å². The summed E-state index contributed by atoms with van der Waals surface area (Å²) in [5.74, 6) is -0.109. The van der Waals surface area contributed by atoms with Crippen molar-refractivity contribution in [3.63, 3.8) is 0 Å². The molecule has 0 aliphatic carbocycles. The Labute approximate surface area is 112 Å². The van der Waals surface area contributed by atoms with E-state index in [1.165, 1.54) is 20.0 Å². The average Bonchev–Trinajstić information content (AvgIpc) is 2.77. The molecule has 1 fully saturated rings. The van der Waals surface area contributed by atoms with Crippen LogP contribution in [0, 0.1) is 6.92 Å². The molecule has 0 bridgehead atoms. The monoisotopic (exact) mass is 268 g/mol. The van der Waals surface area contributed by atoms with Gasteiger partial charge < -0.3 is 4.74 Å². The molecule has 5 heteroatoms. The normalized spacial score (nSPS) is 20.9. The third kappa shape index (κ3) is 3.53. The molecule has 0 saturated carbocycles. The maximum absolute atomic E-state index is 11.4. The minimum absolute atomic E-state index is 0.109. The molecule has 0 N–H and O–H groups in total. The van der Waals surface area contributed by atoms with Crippen molar-refractivity contribution in [1.82, 2.24) is 9.88 Å². The van der Waals surface area contributed by atoms with Gasteiger partial charge >= 0.3 is 5.97 Å². The van der Waals surface area contributed by atoms with Crippen molar-refractivity contribution >= 4 is 17.3 Å². The lowest BCUT2D eigenvalue weighted by Gasteiger charge is -2.34. The minimum atomic E-state index is -0.109. The van der Waals surface area contributed by atoms with E-state index in [0.717, 1.165) is 30.2 Å². The van der Waals surface area contributed by atoms with Gasteiger partial charge in [-0.15, -0.1) is 11.3 Å². The second-order valence-electron chi connectivity index (χ2n) is 4.78. The molecule has 1 saturated heterocycles. The van der Waals surface area contributed by atoms with Gasteiger partial charge in [0.15, 0.2) is 0 Å². The van der Waals surface area contributed by atoms with Crippen molar-refractivity contribution in [1.29, 1.82) is 0 Å². The largest absolute Gasteiger partial charge is 0.469 e. The van der Waals surface area contributed by atoms with E-state index in [4.69, 9.17) is 4.74 Å². The SMILES string of the molecule is COC(=O)CC1CCCCN1Cc1nc(C)cs1. The van der Waals surface area contributed by atoms with E-state index in [0.29, 0.717) is 12.5 Å². The number of piperidine rings is 1. The molecule has 1 aliphatic rings. The molecular weight excluding hydrogens is 248 g/mol. The summed E-state index contributed by atoms with van der Waals surface area (Å²) in [5, 5.41) is 3.22. The number of carbonyl (C=O) groups is 1. The Balaban J connectivity index is 1.96. The Bertz CT molecular complexity index is 405. The van der Waals surface area contributed by atoms with E-state index >= 15 is 0 Å². The number of carbonyl (C=O) groups excluding carboxylic acids is 1. The lowest BCUT2D eigenvalue weighted by molar-refractivity contribution is -0.142. The van der Waals surface area contributed by atoms with E-state index < -0.39 is 0 Å². The summed E-state index contributed by atoms with van der Waals surface area (Å²) in [6.45, 7) is 3.93. The molecule has 100 valence electrons. The van der Waals surface area contributed by atoms with Gasteiger partial charge in [0.05, 0.1) is 20.1 Å². The highest BCUT2D eigenvalue weighted by Gasteiger charge is 2.25. The number of aryl methyl sites for hydroxylation is 1. The molecular formula is C13H20N2O2S. The van der Waals surface area contributed by atoms with Gasteiger partial charge in [-0.2, -0.15) is 0 Å². The highest BCUT2D eigenvalue weighted by Crippen LogP contribution is 2.23. The molecule has 0 radical (unpaired) electrons. The van der Waals surface area contributed by atoms with Crippen LogP contribution in [0.3, 0.4) is 0 Å². The fourth-order valence-electron chi connectivity index (χ4n) is 2.42. The zero-order valence-corrected chi connectivity index (χ0v) is 11.8. The summed E-state index contributed by atoms with van der Waals surface area (Å²) in [7, 11) is 1.46. The predicted molar refractivity (Wildman–Crippen MR) is 71.5 cm³/mol. The van der Waals surface area contributed by atoms with Crippen molar-refractivity contribution in [2.24, 2.45) is 0 Å². The maximum Gasteiger partial charge on any atom is 0.307 e. The van der Waals surface area contributed by atoms with Crippen LogP contribution in [0.15, 0.2) is 5.38 Å². The van der Waals surface area contributed by atoms with Crippen LogP contribution in [0.1, 0.15) is 36.4 Å². The first-order valence-electron chi connectivity index (χ1n) is 6.41. The molecule has 1 unspecified atom stereocenters. The first-order chi connectivity index (χ1) is 8.69. The smallest absolute Gasteiger partial charge is 0.307 e. The van der Waals surface area contributed by atoms with Gasteiger partial charge in [-0.25, -0.2) is 4.98 Å². The van der Waals surface area contributed by atoms with E-state index in [2.05, 4.69) is 15.3 Å². The number of methoxy groups -OCH3 is 1. The highest BCUT2D eigenvalue weighted by molar-refractivity contribution is 7.09. The lowest BCUT2D eigenvalue weighted by atomic mass is 9.99. The molecule has 2 rings (SSSR count). The number of esters is 1. The zero-order valence-electron chi connectivity index (χ0n) is 11.0. The molecule has 0 amide bonds. The number of thiazole rings is 1. The quantitative estimate of drug-likeness (QED) is 0.786. The highest BCUT2D eigenvalue weighted by atomic mass is 32.1. The van der Waals surface area contributed by atoms with Crippen LogP contribution in [0.25, 0.3) is 0 Å². The first-order valence-corrected chi connectivity index (χ1v) is 7.29. The first kappa shape index (κ1) is 13.5. The Morgan fingerprint density at radius 2 is 2.44 bits per heavy atom. The van der Waals surface area contributed by atoms with Crippen molar-refractivity contribution in [2.75, 3.05) is 13.7 Å². The second kappa shape index (κ2) is 6.29. The van der Waals surface area contributed by atoms with Gasteiger partial charge in [0.2, 0.25) is 0 Å². The Kier molecular flexibility index (Phi) is 4.72. The summed E-state index contributed by atoms with van der Waals surface area (Å²) in [6, 6.07) is 0.315. The average molecular weight is 268 g/mol. The fraction of sp³-hybridized carbons (Fsp3) is 0.692. The van der Waals surface area contributed by atoms with Crippen molar-refractivity contribution < 1.29 is 9.53 Å². The zero-order chi connectivity index (χ0) is 13.0. The Morgan fingerprint density at radius 1 is 1.61 bits per heavy atom. The van der Waals surface area contributed by atoms with E-state index in [1.807, 2.05) is 6.92 Å². The van der Waals surface area contributed by atoms with Crippen LogP contribution < -0.4 is 0 Å². The lowest BCUT2D eigenvalue weighted by Crippen LogP contribution is -2.40. The third-order valence-electron chi connectivity index (χ3n) is 3.38. The summed E-state index contributed by atoms with van der Waals surface area (Å²) < 4.78 is 4.78. The molecule has 1 aromatic heterocycles. The maximum atomic E-state index is 11.4. The predicted octanol–water partition coefficient (Wildman–Crippen LogP) is 2.37. The molecule has 0 aromatic carbocycles. The fourth-order valence-corrected chi connectivity index (χ4v) is 3.22. The van der Waals surface area contributed by atoms with Crippen LogP contribution in [-0.4, -0.2) is 35.5 Å². The third-order valence-corrected chi connectivity index (χ3v) is 4.34. The molecule has 1 atom stereocenters. The van der Waals surface area contributed by atoms with Crippen LogP contribution in [0.4, 0.5) is 0 Å². The second-order valence-corrected chi connectivity index (χ2v) is 5.73. The Morgan fingerprint density at radius 3 is 3.11 bits per heavy atom. The van der Waals surface area contributed by atoms with Gasteiger partial charge in [-0.05, 0) is 26.3 Å². The van der Waals surface area contributed by atoms with Gasteiger partial charge in [0, 0.05) is 17.1 Å². The van der Waals surface area contributed by atoms with E-state index in [9.17, 15) is 4.79 Å². The number of hydrogen-bond acceptors (Lipinski definition) is 5. The standard InChI is InChI=1S/C13H20N2O2S/c1-10-9-18-12(14-10)8-15-6-4-3-5-11(15)7-13(16)17-2/h9,11H,3-8H2,1-2H3. The summed E-state index contributed by atoms with van der Waals surface area (Å²) >= 11 is 1.70. The number of rotatable bonds is 4. The van der Waals surface area contributed by atoms with Crippen LogP contribution in [0.5, 0.6) is 0 Å². The summed E-state index contributed by atoms with van der Waals surface area (Å²) in [5.41, 5.74) is 1.08. The molecule has 1 aliphatic heterocycles. The van der Waals surface area contributed by atoms with Crippen molar-refractivity contribution in [3.05, 3.63) is 16.1 Å². The van der Waals surface area contributed by atoms with E-state index in [1.54, 1.807) is 11.3 Å². The molecule has 1 aromatic rings. The number of aromatic nitrogens is 1. The summed E-state index contributed by atoms with van der Waals surface area (Å²) in [6.07, 6.45) is 4.00. The van der Waals surface area contributed by atoms with Gasteiger partial charge in [-0.1, -0.05) is 6.42 Å². The van der Waals surface area contributed by atoms with Gasteiger partial charge in [0.25, 0.3) is 0 Å².